The minimum Gasteiger partial charge on any atom is -0.334 e. The highest BCUT2D eigenvalue weighted by atomic mass is 16.5. The van der Waals surface area contributed by atoms with Crippen LogP contribution >= 0.6 is 0 Å². The van der Waals surface area contributed by atoms with Gasteiger partial charge >= 0.3 is 0 Å². The van der Waals surface area contributed by atoms with Crippen molar-refractivity contribution in [1.82, 2.24) is 10.1 Å². The monoisotopic (exact) mass is 418 g/mol. The third-order valence-corrected chi connectivity index (χ3v) is 5.54. The van der Waals surface area contributed by atoms with E-state index < -0.39 is 0 Å². The summed E-state index contributed by atoms with van der Waals surface area (Å²) in [6.07, 6.45) is 1.21. The number of anilines is 2. The highest BCUT2D eigenvalue weighted by molar-refractivity contribution is 6.07. The molecule has 31 heavy (non-hydrogen) atoms. The predicted molar refractivity (Wildman–Crippen MR) is 119 cm³/mol. The molecule has 0 saturated heterocycles. The molecule has 1 aliphatic rings. The van der Waals surface area contributed by atoms with E-state index in [1.807, 2.05) is 58.0 Å². The van der Waals surface area contributed by atoms with Crippen LogP contribution in [0.3, 0.4) is 0 Å². The Hall–Kier alpha value is -3.48. The lowest BCUT2D eigenvalue weighted by Crippen LogP contribution is -2.27. The van der Waals surface area contributed by atoms with Crippen LogP contribution in [0.4, 0.5) is 11.4 Å². The first kappa shape index (κ1) is 20.8. The molecular formula is C24H26N4O3. The Kier molecular flexibility index (Phi) is 5.59. The molecule has 2 heterocycles. The van der Waals surface area contributed by atoms with E-state index in [1.165, 1.54) is 0 Å². The molecule has 2 amide bonds. The zero-order chi connectivity index (χ0) is 22.1. The van der Waals surface area contributed by atoms with Crippen molar-refractivity contribution in [3.05, 3.63) is 58.9 Å². The molecule has 4 rings (SSSR count). The van der Waals surface area contributed by atoms with Gasteiger partial charge in [0, 0.05) is 30.1 Å². The van der Waals surface area contributed by atoms with Gasteiger partial charge in [-0.2, -0.15) is 4.98 Å². The number of amides is 2. The van der Waals surface area contributed by atoms with Crippen molar-refractivity contribution >= 4 is 23.2 Å². The lowest BCUT2D eigenvalue weighted by molar-refractivity contribution is -0.118. The number of aryl methyl sites for hydroxylation is 1. The molecule has 1 aromatic heterocycles. The molecule has 1 aliphatic heterocycles. The molecule has 0 aliphatic carbocycles. The van der Waals surface area contributed by atoms with E-state index in [2.05, 4.69) is 15.5 Å². The van der Waals surface area contributed by atoms with Gasteiger partial charge in [-0.3, -0.25) is 9.59 Å². The van der Waals surface area contributed by atoms with Crippen LogP contribution in [0.15, 0.2) is 40.9 Å². The summed E-state index contributed by atoms with van der Waals surface area (Å²) in [4.78, 5) is 31.5. The summed E-state index contributed by atoms with van der Waals surface area (Å²) in [6.45, 7) is 8.43. The maximum Gasteiger partial charge on any atom is 0.260 e. The molecule has 0 bridgehead atoms. The maximum absolute atomic E-state index is 13.1. The highest BCUT2D eigenvalue weighted by Crippen LogP contribution is 2.32. The van der Waals surface area contributed by atoms with Crippen LogP contribution in [0.25, 0.3) is 11.5 Å². The smallest absolute Gasteiger partial charge is 0.260 e. The van der Waals surface area contributed by atoms with Crippen molar-refractivity contribution in [2.75, 3.05) is 16.8 Å². The number of rotatable bonds is 5. The van der Waals surface area contributed by atoms with Crippen LogP contribution < -0.4 is 10.2 Å². The fourth-order valence-electron chi connectivity index (χ4n) is 3.77. The van der Waals surface area contributed by atoms with Crippen LogP contribution in [-0.4, -0.2) is 28.5 Å². The summed E-state index contributed by atoms with van der Waals surface area (Å²) < 4.78 is 5.45. The third-order valence-electron chi connectivity index (χ3n) is 5.54. The number of fused-ring (bicyclic) bond motifs is 1. The lowest BCUT2D eigenvalue weighted by Gasteiger charge is -2.16. The number of hydrogen-bond donors (Lipinski definition) is 1. The van der Waals surface area contributed by atoms with Gasteiger partial charge in [0.25, 0.3) is 11.8 Å². The SMILES string of the molecule is CCC(=O)N1CCc2cc(C(=O)Nc3c(C)cccc3-c3nc(C(C)C)no3)ccc21. The van der Waals surface area contributed by atoms with E-state index in [-0.39, 0.29) is 17.7 Å². The van der Waals surface area contributed by atoms with Gasteiger partial charge in [0.1, 0.15) is 0 Å². The van der Waals surface area contributed by atoms with Gasteiger partial charge in [-0.05, 0) is 48.7 Å². The standard InChI is InChI=1S/C24H26N4O3/c1-5-20(29)28-12-11-16-13-17(9-10-19(16)28)23(30)25-21-15(4)7-6-8-18(21)24-26-22(14(2)3)27-31-24/h6-10,13-14H,5,11-12H2,1-4H3,(H,25,30). The molecule has 3 aromatic rings. The number of nitrogens with one attached hydrogen (secondary N) is 1. The Labute approximate surface area is 181 Å². The molecule has 2 aromatic carbocycles. The summed E-state index contributed by atoms with van der Waals surface area (Å²) in [5, 5.41) is 7.06. The molecule has 1 N–H and O–H groups in total. The van der Waals surface area contributed by atoms with E-state index in [0.29, 0.717) is 41.5 Å². The number of carbonyl (C=O) groups is 2. The first-order valence-corrected chi connectivity index (χ1v) is 10.6. The maximum atomic E-state index is 13.1. The van der Waals surface area contributed by atoms with Crippen LogP contribution in [0, 0.1) is 6.92 Å². The van der Waals surface area contributed by atoms with Gasteiger partial charge in [-0.1, -0.05) is 38.1 Å². The highest BCUT2D eigenvalue weighted by Gasteiger charge is 2.25. The topological polar surface area (TPSA) is 88.3 Å². The van der Waals surface area contributed by atoms with Crippen LogP contribution in [-0.2, 0) is 11.2 Å². The van der Waals surface area contributed by atoms with Crippen molar-refractivity contribution in [1.29, 1.82) is 0 Å². The summed E-state index contributed by atoms with van der Waals surface area (Å²) >= 11 is 0. The Morgan fingerprint density at radius 1 is 1.23 bits per heavy atom. The minimum atomic E-state index is -0.220. The van der Waals surface area contributed by atoms with E-state index >= 15 is 0 Å². The largest absolute Gasteiger partial charge is 0.334 e. The Bertz CT molecular complexity index is 1150. The predicted octanol–water partition coefficient (Wildman–Crippen LogP) is 4.72. The Balaban J connectivity index is 1.62. The summed E-state index contributed by atoms with van der Waals surface area (Å²) in [6, 6.07) is 11.2. The van der Waals surface area contributed by atoms with Crippen LogP contribution in [0.5, 0.6) is 0 Å². The number of para-hydroxylation sites is 1. The number of nitrogens with zero attached hydrogens (tertiary/aromatic N) is 3. The second-order valence-electron chi connectivity index (χ2n) is 8.06. The third kappa shape index (κ3) is 3.95. The summed E-state index contributed by atoms with van der Waals surface area (Å²) in [5.41, 5.74) is 4.69. The zero-order valence-electron chi connectivity index (χ0n) is 18.2. The molecule has 0 radical (unpaired) electrons. The van der Waals surface area contributed by atoms with Crippen LogP contribution in [0.1, 0.15) is 60.4 Å². The lowest BCUT2D eigenvalue weighted by atomic mass is 10.1. The fraction of sp³-hybridized carbons (Fsp3) is 0.333. The minimum absolute atomic E-state index is 0.0980. The van der Waals surface area contributed by atoms with Gasteiger partial charge in [0.05, 0.1) is 11.3 Å². The van der Waals surface area contributed by atoms with Crippen molar-refractivity contribution in [3.63, 3.8) is 0 Å². The molecule has 7 nitrogen and oxygen atoms in total. The molecule has 0 spiro atoms. The number of aromatic nitrogens is 2. The van der Waals surface area contributed by atoms with Gasteiger partial charge in [0.2, 0.25) is 5.91 Å². The normalized spacial score (nSPS) is 12.9. The average molecular weight is 418 g/mol. The van der Waals surface area contributed by atoms with Crippen molar-refractivity contribution < 1.29 is 14.1 Å². The molecule has 0 unspecified atom stereocenters. The molecule has 7 heteroatoms. The van der Waals surface area contributed by atoms with E-state index in [1.54, 1.807) is 11.0 Å². The van der Waals surface area contributed by atoms with Crippen molar-refractivity contribution in [2.45, 2.75) is 46.5 Å². The van der Waals surface area contributed by atoms with Gasteiger partial charge in [-0.15, -0.1) is 0 Å². The molecular weight excluding hydrogens is 392 g/mol. The second-order valence-corrected chi connectivity index (χ2v) is 8.06. The fourth-order valence-corrected chi connectivity index (χ4v) is 3.77. The average Bonchev–Trinajstić information content (AvgIpc) is 3.41. The van der Waals surface area contributed by atoms with Crippen LogP contribution in [0.2, 0.25) is 0 Å². The quantitative estimate of drug-likeness (QED) is 0.648. The molecule has 0 saturated carbocycles. The summed E-state index contributed by atoms with van der Waals surface area (Å²) in [7, 11) is 0. The molecule has 160 valence electrons. The van der Waals surface area contributed by atoms with E-state index in [4.69, 9.17) is 4.52 Å². The Morgan fingerprint density at radius 3 is 2.74 bits per heavy atom. The van der Waals surface area contributed by atoms with Crippen molar-refractivity contribution in [2.24, 2.45) is 0 Å². The van der Waals surface area contributed by atoms with Gasteiger partial charge < -0.3 is 14.7 Å². The van der Waals surface area contributed by atoms with E-state index in [9.17, 15) is 9.59 Å². The number of hydrogen-bond acceptors (Lipinski definition) is 5. The van der Waals surface area contributed by atoms with Crippen molar-refractivity contribution in [3.8, 4) is 11.5 Å². The first-order chi connectivity index (χ1) is 14.9. The number of benzene rings is 2. The number of carbonyl (C=O) groups excluding carboxylic acids is 2. The van der Waals surface area contributed by atoms with Gasteiger partial charge in [-0.25, -0.2) is 0 Å². The first-order valence-electron chi connectivity index (χ1n) is 10.6. The van der Waals surface area contributed by atoms with Gasteiger partial charge in [0.15, 0.2) is 5.82 Å². The van der Waals surface area contributed by atoms with E-state index in [0.717, 1.165) is 23.2 Å². The zero-order valence-corrected chi connectivity index (χ0v) is 18.2. The molecule has 0 atom stereocenters. The second kappa shape index (κ2) is 8.34. The molecule has 0 fully saturated rings. The Morgan fingerprint density at radius 2 is 2.03 bits per heavy atom. The summed E-state index contributed by atoms with van der Waals surface area (Å²) in [5.74, 6) is 1.03.